The van der Waals surface area contributed by atoms with Crippen molar-refractivity contribution in [3.8, 4) is 17.2 Å². The molecule has 2 rings (SSSR count). The fourth-order valence-corrected chi connectivity index (χ4v) is 2.41. The van der Waals surface area contributed by atoms with E-state index in [1.807, 2.05) is 12.1 Å². The molecule has 0 aliphatic carbocycles. The van der Waals surface area contributed by atoms with E-state index in [1.54, 1.807) is 12.1 Å². The zero-order valence-electron chi connectivity index (χ0n) is 15.5. The highest BCUT2D eigenvalue weighted by atomic mass is 16.3. The Hall–Kier alpha value is -3.22. The van der Waals surface area contributed by atoms with Gasteiger partial charge in [0.05, 0.1) is 0 Å². The number of nitrogens with one attached hydrogen (secondary N) is 2. The molecule has 0 atom stereocenters. The summed E-state index contributed by atoms with van der Waals surface area (Å²) in [5.74, 6) is -2.66. The number of amides is 2. The molecule has 0 radical (unpaired) electrons. The largest absolute Gasteiger partial charge is 0.504 e. The van der Waals surface area contributed by atoms with Gasteiger partial charge in [0.25, 0.3) is 11.8 Å². The Bertz CT molecular complexity index is 815. The lowest BCUT2D eigenvalue weighted by Gasteiger charge is -2.19. The number of phenolic OH excluding ortho intramolecular Hbond substituents is 3. The number of carbonyl (C=O) groups is 2. The molecule has 2 aromatic rings. The highest BCUT2D eigenvalue weighted by Crippen LogP contribution is 2.35. The Balaban J connectivity index is 1.84. The maximum atomic E-state index is 12.1. The van der Waals surface area contributed by atoms with Crippen LogP contribution in [0.5, 0.6) is 17.2 Å². The van der Waals surface area contributed by atoms with Crippen LogP contribution in [0.15, 0.2) is 36.4 Å². The number of phenols is 3. The highest BCUT2D eigenvalue weighted by molar-refractivity contribution is 5.96. The second-order valence-corrected chi connectivity index (χ2v) is 7.20. The van der Waals surface area contributed by atoms with Crippen LogP contribution in [0.4, 0.5) is 0 Å². The molecular formula is C20H24N2O5. The van der Waals surface area contributed by atoms with E-state index in [-0.39, 0.29) is 30.0 Å². The first-order valence-corrected chi connectivity index (χ1v) is 8.51. The van der Waals surface area contributed by atoms with Crippen LogP contribution in [-0.2, 0) is 5.41 Å². The second-order valence-electron chi connectivity index (χ2n) is 7.20. The van der Waals surface area contributed by atoms with Crippen LogP contribution in [0.25, 0.3) is 0 Å². The van der Waals surface area contributed by atoms with Gasteiger partial charge >= 0.3 is 0 Å². The summed E-state index contributed by atoms with van der Waals surface area (Å²) in [6, 6.07) is 9.44. The van der Waals surface area contributed by atoms with Crippen molar-refractivity contribution in [2.24, 2.45) is 0 Å². The zero-order valence-corrected chi connectivity index (χ0v) is 15.5. The van der Waals surface area contributed by atoms with Gasteiger partial charge in [-0.25, -0.2) is 0 Å². The maximum absolute atomic E-state index is 12.1. The van der Waals surface area contributed by atoms with Gasteiger partial charge in [-0.3, -0.25) is 9.59 Å². The Morgan fingerprint density at radius 2 is 1.26 bits per heavy atom. The molecule has 7 nitrogen and oxygen atoms in total. The molecule has 0 spiro atoms. The molecule has 0 aliphatic heterocycles. The minimum atomic E-state index is -0.684. The van der Waals surface area contributed by atoms with E-state index < -0.39 is 23.2 Å². The van der Waals surface area contributed by atoms with Gasteiger partial charge < -0.3 is 26.0 Å². The van der Waals surface area contributed by atoms with Crippen LogP contribution < -0.4 is 10.6 Å². The smallest absolute Gasteiger partial charge is 0.251 e. The average Bonchev–Trinajstić information content (AvgIpc) is 2.61. The molecule has 0 saturated heterocycles. The molecule has 0 heterocycles. The summed E-state index contributed by atoms with van der Waals surface area (Å²) in [5.41, 5.74) is 1.66. The van der Waals surface area contributed by atoms with Crippen LogP contribution in [0, 0.1) is 0 Å². The summed E-state index contributed by atoms with van der Waals surface area (Å²) in [6.07, 6.45) is 0. The lowest BCUT2D eigenvalue weighted by atomic mass is 9.87. The lowest BCUT2D eigenvalue weighted by Crippen LogP contribution is -2.34. The van der Waals surface area contributed by atoms with Crippen molar-refractivity contribution in [1.82, 2.24) is 10.6 Å². The summed E-state index contributed by atoms with van der Waals surface area (Å²) >= 11 is 0. The van der Waals surface area contributed by atoms with Crippen LogP contribution in [0.1, 0.15) is 47.1 Å². The summed E-state index contributed by atoms with van der Waals surface area (Å²) in [5, 5.41) is 33.4. The second kappa shape index (κ2) is 7.99. The monoisotopic (exact) mass is 372 g/mol. The molecule has 0 saturated carbocycles. The van der Waals surface area contributed by atoms with Gasteiger partial charge in [-0.05, 0) is 35.2 Å². The van der Waals surface area contributed by atoms with E-state index in [2.05, 4.69) is 31.4 Å². The van der Waals surface area contributed by atoms with Gasteiger partial charge in [0.2, 0.25) is 0 Å². The van der Waals surface area contributed by atoms with Gasteiger partial charge in [0.1, 0.15) is 0 Å². The van der Waals surface area contributed by atoms with E-state index in [9.17, 15) is 24.9 Å². The SMILES string of the molecule is CC(C)(C)c1ccc(C(=O)NCCNC(=O)c2cc(O)c(O)c(O)c2)cc1. The number of hydrogen-bond donors (Lipinski definition) is 5. The molecule has 0 fully saturated rings. The van der Waals surface area contributed by atoms with Crippen molar-refractivity contribution in [2.75, 3.05) is 13.1 Å². The minimum absolute atomic E-state index is 0.00750. The number of benzene rings is 2. The fourth-order valence-electron chi connectivity index (χ4n) is 2.41. The first-order valence-electron chi connectivity index (χ1n) is 8.51. The predicted octanol–water partition coefficient (Wildman–Crippen LogP) is 2.26. The Morgan fingerprint density at radius 3 is 1.70 bits per heavy atom. The van der Waals surface area contributed by atoms with Gasteiger partial charge in [0, 0.05) is 24.2 Å². The molecule has 0 aliphatic rings. The highest BCUT2D eigenvalue weighted by Gasteiger charge is 2.15. The molecule has 0 bridgehead atoms. The third-order valence-electron chi connectivity index (χ3n) is 4.04. The Kier molecular flexibility index (Phi) is 5.95. The van der Waals surface area contributed by atoms with Crippen LogP contribution >= 0.6 is 0 Å². The molecular weight excluding hydrogens is 348 g/mol. The summed E-state index contributed by atoms with van der Waals surface area (Å²) in [6.45, 7) is 6.66. The van der Waals surface area contributed by atoms with Crippen molar-refractivity contribution < 1.29 is 24.9 Å². The number of rotatable bonds is 5. The van der Waals surface area contributed by atoms with Crippen molar-refractivity contribution in [2.45, 2.75) is 26.2 Å². The van der Waals surface area contributed by atoms with E-state index in [0.29, 0.717) is 5.56 Å². The summed E-state index contributed by atoms with van der Waals surface area (Å²) < 4.78 is 0. The molecule has 7 heteroatoms. The van der Waals surface area contributed by atoms with E-state index in [1.165, 1.54) is 0 Å². The third kappa shape index (κ3) is 5.13. The van der Waals surface area contributed by atoms with Crippen molar-refractivity contribution in [3.63, 3.8) is 0 Å². The van der Waals surface area contributed by atoms with Crippen LogP contribution in [0.3, 0.4) is 0 Å². The first kappa shape index (κ1) is 20.1. The molecule has 2 aromatic carbocycles. The van der Waals surface area contributed by atoms with Crippen molar-refractivity contribution in [1.29, 1.82) is 0 Å². The van der Waals surface area contributed by atoms with Crippen molar-refractivity contribution >= 4 is 11.8 Å². The predicted molar refractivity (Wildman–Crippen MR) is 101 cm³/mol. The van der Waals surface area contributed by atoms with Crippen LogP contribution in [0.2, 0.25) is 0 Å². The topological polar surface area (TPSA) is 119 Å². The van der Waals surface area contributed by atoms with E-state index in [0.717, 1.165) is 17.7 Å². The van der Waals surface area contributed by atoms with Crippen molar-refractivity contribution in [3.05, 3.63) is 53.1 Å². The molecule has 5 N–H and O–H groups in total. The third-order valence-corrected chi connectivity index (χ3v) is 4.04. The first-order chi connectivity index (χ1) is 12.6. The van der Waals surface area contributed by atoms with Crippen LogP contribution in [-0.4, -0.2) is 40.2 Å². The quantitative estimate of drug-likeness (QED) is 0.407. The van der Waals surface area contributed by atoms with E-state index >= 15 is 0 Å². The zero-order chi connectivity index (χ0) is 20.2. The van der Waals surface area contributed by atoms with E-state index in [4.69, 9.17) is 0 Å². The number of hydrogen-bond acceptors (Lipinski definition) is 5. The summed E-state index contributed by atoms with van der Waals surface area (Å²) in [7, 11) is 0. The lowest BCUT2D eigenvalue weighted by molar-refractivity contribution is 0.0927. The van der Waals surface area contributed by atoms with Gasteiger partial charge in [-0.2, -0.15) is 0 Å². The molecule has 2 amide bonds. The number of aromatic hydroxyl groups is 3. The molecule has 0 aromatic heterocycles. The average molecular weight is 372 g/mol. The fraction of sp³-hybridized carbons (Fsp3) is 0.300. The maximum Gasteiger partial charge on any atom is 0.251 e. The molecule has 144 valence electrons. The molecule has 0 unspecified atom stereocenters. The van der Waals surface area contributed by atoms with Gasteiger partial charge in [0.15, 0.2) is 17.2 Å². The van der Waals surface area contributed by atoms with Gasteiger partial charge in [-0.1, -0.05) is 32.9 Å². The Morgan fingerprint density at radius 1 is 0.815 bits per heavy atom. The standard InChI is InChI=1S/C20H24N2O5/c1-20(2,3)14-6-4-12(5-7-14)18(26)21-8-9-22-19(27)13-10-15(23)17(25)16(24)11-13/h4-7,10-11,23-25H,8-9H2,1-3H3,(H,21,26)(H,22,27). The Labute approximate surface area is 157 Å². The summed E-state index contributed by atoms with van der Waals surface area (Å²) in [4.78, 5) is 24.1. The number of carbonyl (C=O) groups excluding carboxylic acids is 2. The normalized spacial score (nSPS) is 11.1. The minimum Gasteiger partial charge on any atom is -0.504 e. The molecule has 27 heavy (non-hydrogen) atoms. The van der Waals surface area contributed by atoms with Gasteiger partial charge in [-0.15, -0.1) is 0 Å².